The molecule has 7 rings (SSSR count). The average Bonchev–Trinajstić information content (AvgIpc) is 3.72. The van der Waals surface area contributed by atoms with E-state index in [0.717, 1.165) is 62.4 Å². The van der Waals surface area contributed by atoms with Gasteiger partial charge in [-0.2, -0.15) is 4.68 Å². The second-order valence-electron chi connectivity index (χ2n) is 10.6. The second kappa shape index (κ2) is 10.3. The number of aromatic nitrogens is 8. The minimum Gasteiger partial charge on any atom is -0.327 e. The fraction of sp³-hybridized carbons (Fsp3) is 0.152. The van der Waals surface area contributed by atoms with Crippen LogP contribution in [0.25, 0.3) is 50.3 Å². The Morgan fingerprint density at radius 3 is 2.40 bits per heavy atom. The number of imidazole rings is 2. The molecule has 0 fully saturated rings. The van der Waals surface area contributed by atoms with Crippen LogP contribution in [-0.4, -0.2) is 45.2 Å². The third-order valence-electron chi connectivity index (χ3n) is 7.79. The van der Waals surface area contributed by atoms with Crippen molar-refractivity contribution in [1.82, 2.24) is 39.3 Å². The van der Waals surface area contributed by atoms with Crippen LogP contribution in [0.2, 0.25) is 0 Å². The van der Waals surface area contributed by atoms with Crippen LogP contribution in [0.5, 0.6) is 0 Å². The SMILES string of the molecule is CCCc1nc2c(C)cc(-c3nc4ccccc4n3C)cc2n1C(=O)c1ccc(-c2ccccc2-n2nn[nH]c2=O)cc1. The number of fused-ring (bicyclic) bond motifs is 2. The van der Waals surface area contributed by atoms with Gasteiger partial charge in [-0.15, -0.1) is 0 Å². The lowest BCUT2D eigenvalue weighted by atomic mass is 10.0. The third-order valence-corrected chi connectivity index (χ3v) is 7.79. The number of aryl methyl sites for hydroxylation is 3. The first-order valence-corrected chi connectivity index (χ1v) is 14.1. The number of hydrogen-bond acceptors (Lipinski definition) is 6. The smallest absolute Gasteiger partial charge is 0.327 e. The van der Waals surface area contributed by atoms with Gasteiger partial charge in [-0.05, 0) is 77.4 Å². The van der Waals surface area contributed by atoms with E-state index >= 15 is 0 Å². The predicted octanol–water partition coefficient (Wildman–Crippen LogP) is 5.48. The van der Waals surface area contributed by atoms with E-state index in [4.69, 9.17) is 9.97 Å². The molecule has 4 aromatic carbocycles. The maximum atomic E-state index is 14.2. The standard InChI is InChI=1S/C33H28N8O2/c1-4-9-29-35-30-20(2)18-23(31-34-25-11-6-8-13-27(25)39(31)3)19-28(30)40(29)32(42)22-16-14-21(15-17-22)24-10-5-7-12-26(24)41-33(43)36-37-38-41/h5-8,10-19H,4,9H2,1-3H3,(H,36,38,43). The lowest BCUT2D eigenvalue weighted by Gasteiger charge is -2.11. The summed E-state index contributed by atoms with van der Waals surface area (Å²) in [5, 5.41) is 9.83. The fourth-order valence-electron chi connectivity index (χ4n) is 5.73. The van der Waals surface area contributed by atoms with Gasteiger partial charge in [0, 0.05) is 30.2 Å². The Kier molecular flexibility index (Phi) is 6.31. The summed E-state index contributed by atoms with van der Waals surface area (Å²) in [5.41, 5.74) is 7.77. The first-order valence-electron chi connectivity index (χ1n) is 14.1. The highest BCUT2D eigenvalue weighted by molar-refractivity contribution is 6.03. The lowest BCUT2D eigenvalue weighted by molar-refractivity contribution is 0.0961. The van der Waals surface area contributed by atoms with E-state index in [1.165, 1.54) is 4.68 Å². The van der Waals surface area contributed by atoms with Crippen LogP contribution in [0.1, 0.15) is 35.1 Å². The first kappa shape index (κ1) is 26.3. The number of hydrogen-bond donors (Lipinski definition) is 1. The van der Waals surface area contributed by atoms with E-state index < -0.39 is 5.69 Å². The lowest BCUT2D eigenvalue weighted by Crippen LogP contribution is -2.17. The summed E-state index contributed by atoms with van der Waals surface area (Å²) in [6.45, 7) is 4.11. The molecule has 10 heteroatoms. The zero-order valence-corrected chi connectivity index (χ0v) is 23.9. The van der Waals surface area contributed by atoms with Crippen LogP contribution >= 0.6 is 0 Å². The summed E-state index contributed by atoms with van der Waals surface area (Å²) < 4.78 is 5.04. The molecule has 1 N–H and O–H groups in total. The molecule has 0 aliphatic heterocycles. The molecule has 43 heavy (non-hydrogen) atoms. The van der Waals surface area contributed by atoms with E-state index in [9.17, 15) is 9.59 Å². The van der Waals surface area contributed by atoms with Crippen molar-refractivity contribution < 1.29 is 4.79 Å². The fourth-order valence-corrected chi connectivity index (χ4v) is 5.73. The number of carbonyl (C=O) groups is 1. The van der Waals surface area contributed by atoms with Crippen LogP contribution in [0.4, 0.5) is 0 Å². The minimum absolute atomic E-state index is 0.153. The Morgan fingerprint density at radius 1 is 0.884 bits per heavy atom. The van der Waals surface area contributed by atoms with Crippen molar-refractivity contribution in [3.05, 3.63) is 112 Å². The van der Waals surface area contributed by atoms with E-state index in [0.29, 0.717) is 17.7 Å². The van der Waals surface area contributed by atoms with E-state index in [2.05, 4.69) is 39.1 Å². The van der Waals surface area contributed by atoms with Gasteiger partial charge in [-0.1, -0.05) is 49.4 Å². The summed E-state index contributed by atoms with van der Waals surface area (Å²) in [4.78, 5) is 36.2. The molecular weight excluding hydrogens is 540 g/mol. The van der Waals surface area contributed by atoms with Gasteiger partial charge < -0.3 is 4.57 Å². The van der Waals surface area contributed by atoms with Gasteiger partial charge in [0.2, 0.25) is 0 Å². The van der Waals surface area contributed by atoms with Crippen molar-refractivity contribution in [3.8, 4) is 28.2 Å². The maximum Gasteiger partial charge on any atom is 0.365 e. The second-order valence-corrected chi connectivity index (χ2v) is 10.6. The summed E-state index contributed by atoms with van der Waals surface area (Å²) in [7, 11) is 2.01. The predicted molar refractivity (Wildman–Crippen MR) is 165 cm³/mol. The maximum absolute atomic E-state index is 14.2. The van der Waals surface area contributed by atoms with Crippen LogP contribution in [0.3, 0.4) is 0 Å². The number of H-pyrrole nitrogens is 1. The van der Waals surface area contributed by atoms with Crippen LogP contribution < -0.4 is 5.69 Å². The molecular formula is C33H28N8O2. The molecule has 212 valence electrons. The number of carbonyl (C=O) groups excluding carboxylic acids is 1. The van der Waals surface area contributed by atoms with Crippen molar-refractivity contribution in [1.29, 1.82) is 0 Å². The molecule has 0 unspecified atom stereocenters. The van der Waals surface area contributed by atoms with Crippen molar-refractivity contribution in [2.45, 2.75) is 26.7 Å². The highest BCUT2D eigenvalue weighted by Gasteiger charge is 2.22. The number of rotatable bonds is 6. The molecule has 0 atom stereocenters. The molecule has 10 nitrogen and oxygen atoms in total. The Bertz CT molecular complexity index is 2220. The summed E-state index contributed by atoms with van der Waals surface area (Å²) >= 11 is 0. The van der Waals surface area contributed by atoms with Gasteiger partial charge in [-0.25, -0.2) is 19.9 Å². The zero-order valence-electron chi connectivity index (χ0n) is 23.9. The third kappa shape index (κ3) is 4.35. The molecule has 0 bridgehead atoms. The van der Waals surface area contributed by atoms with Gasteiger partial charge in [0.15, 0.2) is 0 Å². The number of para-hydroxylation sites is 3. The zero-order chi connectivity index (χ0) is 29.7. The summed E-state index contributed by atoms with van der Waals surface area (Å²) in [6, 6.07) is 27.0. The van der Waals surface area contributed by atoms with Crippen molar-refractivity contribution >= 4 is 28.0 Å². The van der Waals surface area contributed by atoms with Gasteiger partial charge in [0.05, 0.1) is 27.8 Å². The monoisotopic (exact) mass is 568 g/mol. The Hall–Kier alpha value is -5.64. The van der Waals surface area contributed by atoms with Gasteiger partial charge in [-0.3, -0.25) is 9.36 Å². The number of tetrazole rings is 1. The van der Waals surface area contributed by atoms with E-state index in [-0.39, 0.29) is 5.91 Å². The number of benzene rings is 4. The van der Waals surface area contributed by atoms with Crippen molar-refractivity contribution in [2.24, 2.45) is 7.05 Å². The molecule has 3 heterocycles. The molecule has 0 amide bonds. The van der Waals surface area contributed by atoms with Crippen LogP contribution in [-0.2, 0) is 13.5 Å². The highest BCUT2D eigenvalue weighted by Crippen LogP contribution is 2.31. The van der Waals surface area contributed by atoms with E-state index in [1.807, 2.05) is 80.7 Å². The normalized spacial score (nSPS) is 11.5. The Labute approximate surface area is 246 Å². The molecule has 0 saturated carbocycles. The minimum atomic E-state index is -0.428. The van der Waals surface area contributed by atoms with Crippen LogP contribution in [0.15, 0.2) is 89.7 Å². The number of aromatic amines is 1. The number of nitrogens with zero attached hydrogens (tertiary/aromatic N) is 7. The topological polar surface area (TPSA) is 116 Å². The quantitative estimate of drug-likeness (QED) is 0.284. The van der Waals surface area contributed by atoms with Gasteiger partial charge >= 0.3 is 5.69 Å². The largest absolute Gasteiger partial charge is 0.365 e. The van der Waals surface area contributed by atoms with Crippen LogP contribution in [0, 0.1) is 6.92 Å². The molecule has 3 aromatic heterocycles. The number of nitrogens with one attached hydrogen (secondary N) is 1. The molecule has 0 saturated heterocycles. The first-order chi connectivity index (χ1) is 20.9. The van der Waals surface area contributed by atoms with Gasteiger partial charge in [0.1, 0.15) is 11.6 Å². The average molecular weight is 569 g/mol. The molecule has 0 aliphatic carbocycles. The Morgan fingerprint density at radius 2 is 1.65 bits per heavy atom. The molecule has 0 aliphatic rings. The molecule has 0 radical (unpaired) electrons. The highest BCUT2D eigenvalue weighted by atomic mass is 16.2. The summed E-state index contributed by atoms with van der Waals surface area (Å²) in [5.74, 6) is 1.41. The van der Waals surface area contributed by atoms with Crippen molar-refractivity contribution in [2.75, 3.05) is 0 Å². The Balaban J connectivity index is 1.32. The molecule has 7 aromatic rings. The molecule has 0 spiro atoms. The van der Waals surface area contributed by atoms with Crippen molar-refractivity contribution in [3.63, 3.8) is 0 Å². The van der Waals surface area contributed by atoms with E-state index in [1.54, 1.807) is 10.6 Å². The van der Waals surface area contributed by atoms with Gasteiger partial charge in [0.25, 0.3) is 5.91 Å². The summed E-state index contributed by atoms with van der Waals surface area (Å²) in [6.07, 6.45) is 1.52.